The van der Waals surface area contributed by atoms with Crippen LogP contribution in [0.1, 0.15) is 16.7 Å². The van der Waals surface area contributed by atoms with E-state index in [2.05, 4.69) is 5.32 Å². The van der Waals surface area contributed by atoms with Crippen LogP contribution < -0.4 is 5.32 Å². The molecule has 0 aliphatic heterocycles. The van der Waals surface area contributed by atoms with Crippen molar-refractivity contribution in [2.45, 2.75) is 20.3 Å². The van der Waals surface area contributed by atoms with Gasteiger partial charge in [-0.2, -0.15) is 0 Å². The van der Waals surface area contributed by atoms with Crippen molar-refractivity contribution < 1.29 is 14.0 Å². The van der Waals surface area contributed by atoms with Gasteiger partial charge in [0.2, 0.25) is 11.8 Å². The van der Waals surface area contributed by atoms with Crippen molar-refractivity contribution in [2.75, 3.05) is 18.9 Å². The summed E-state index contributed by atoms with van der Waals surface area (Å²) >= 11 is 0. The highest BCUT2D eigenvalue weighted by atomic mass is 19.1. The van der Waals surface area contributed by atoms with E-state index in [1.807, 2.05) is 32.0 Å². The van der Waals surface area contributed by atoms with Gasteiger partial charge in [-0.15, -0.1) is 0 Å². The van der Waals surface area contributed by atoms with Crippen molar-refractivity contribution in [1.29, 1.82) is 0 Å². The Morgan fingerprint density at radius 3 is 2.50 bits per heavy atom. The summed E-state index contributed by atoms with van der Waals surface area (Å²) in [6, 6.07) is 11.8. The summed E-state index contributed by atoms with van der Waals surface area (Å²) in [4.78, 5) is 25.6. The van der Waals surface area contributed by atoms with Gasteiger partial charge in [0.05, 0.1) is 13.0 Å². The molecule has 5 heteroatoms. The lowest BCUT2D eigenvalue weighted by atomic mass is 10.1. The first kappa shape index (κ1) is 17.7. The van der Waals surface area contributed by atoms with Gasteiger partial charge in [0.15, 0.2) is 0 Å². The first-order valence-electron chi connectivity index (χ1n) is 7.72. The van der Waals surface area contributed by atoms with Gasteiger partial charge in [-0.1, -0.05) is 30.3 Å². The van der Waals surface area contributed by atoms with Crippen LogP contribution in [0.2, 0.25) is 0 Å². The highest BCUT2D eigenvalue weighted by Crippen LogP contribution is 2.17. The van der Waals surface area contributed by atoms with Gasteiger partial charge in [-0.25, -0.2) is 4.39 Å². The third-order valence-electron chi connectivity index (χ3n) is 3.98. The number of amides is 2. The number of halogens is 1. The molecule has 0 aliphatic rings. The molecule has 0 bridgehead atoms. The predicted molar refractivity (Wildman–Crippen MR) is 92.3 cm³/mol. The number of carbonyl (C=O) groups is 2. The largest absolute Gasteiger partial charge is 0.336 e. The van der Waals surface area contributed by atoms with Gasteiger partial charge in [-0.3, -0.25) is 9.59 Å². The van der Waals surface area contributed by atoms with Crippen molar-refractivity contribution in [3.8, 4) is 0 Å². The van der Waals surface area contributed by atoms with E-state index in [0.29, 0.717) is 5.56 Å². The summed E-state index contributed by atoms with van der Waals surface area (Å²) in [5.74, 6) is -1.01. The minimum absolute atomic E-state index is 0.0695. The minimum atomic E-state index is -0.418. The van der Waals surface area contributed by atoms with Crippen LogP contribution in [0.5, 0.6) is 0 Å². The number of anilines is 1. The molecule has 0 saturated carbocycles. The fraction of sp³-hybridized carbons (Fsp3) is 0.263. The molecule has 0 aliphatic carbocycles. The van der Waals surface area contributed by atoms with Crippen molar-refractivity contribution in [3.63, 3.8) is 0 Å². The Labute approximate surface area is 141 Å². The third-order valence-corrected chi connectivity index (χ3v) is 3.98. The Balaban J connectivity index is 1.95. The number of hydrogen-bond acceptors (Lipinski definition) is 2. The summed E-state index contributed by atoms with van der Waals surface area (Å²) < 4.78 is 13.6. The number of nitrogens with zero attached hydrogens (tertiary/aromatic N) is 1. The number of nitrogens with one attached hydrogen (secondary N) is 1. The van der Waals surface area contributed by atoms with Crippen LogP contribution in [0.4, 0.5) is 10.1 Å². The third kappa shape index (κ3) is 4.41. The average molecular weight is 328 g/mol. The van der Waals surface area contributed by atoms with Gasteiger partial charge in [0.25, 0.3) is 0 Å². The fourth-order valence-corrected chi connectivity index (χ4v) is 2.32. The molecule has 0 unspecified atom stereocenters. The molecule has 1 N–H and O–H groups in total. The molecular weight excluding hydrogens is 307 g/mol. The Kier molecular flexibility index (Phi) is 5.68. The zero-order valence-corrected chi connectivity index (χ0v) is 14.1. The van der Waals surface area contributed by atoms with Crippen molar-refractivity contribution in [1.82, 2.24) is 4.90 Å². The number of benzene rings is 2. The molecule has 2 aromatic rings. The topological polar surface area (TPSA) is 49.4 Å². The monoisotopic (exact) mass is 328 g/mol. The molecule has 0 saturated heterocycles. The summed E-state index contributed by atoms with van der Waals surface area (Å²) in [5.41, 5.74) is 3.13. The summed E-state index contributed by atoms with van der Waals surface area (Å²) in [6.07, 6.45) is -0.0695. The molecule has 0 fully saturated rings. The van der Waals surface area contributed by atoms with Crippen molar-refractivity contribution >= 4 is 17.5 Å². The Hall–Kier alpha value is -2.69. The van der Waals surface area contributed by atoms with Gasteiger partial charge in [0, 0.05) is 12.7 Å². The lowest BCUT2D eigenvalue weighted by Crippen LogP contribution is -2.36. The molecule has 24 heavy (non-hydrogen) atoms. The van der Waals surface area contributed by atoms with Crippen LogP contribution in [0.15, 0.2) is 42.5 Å². The second-order valence-corrected chi connectivity index (χ2v) is 5.81. The van der Waals surface area contributed by atoms with E-state index >= 15 is 0 Å². The second-order valence-electron chi connectivity index (χ2n) is 5.81. The maximum Gasteiger partial charge on any atom is 0.243 e. The van der Waals surface area contributed by atoms with Gasteiger partial charge >= 0.3 is 0 Å². The van der Waals surface area contributed by atoms with E-state index < -0.39 is 5.82 Å². The molecule has 0 spiro atoms. The maximum atomic E-state index is 13.6. The van der Waals surface area contributed by atoms with E-state index in [1.165, 1.54) is 18.0 Å². The Morgan fingerprint density at radius 2 is 1.79 bits per heavy atom. The molecule has 2 rings (SSSR count). The van der Waals surface area contributed by atoms with E-state index in [-0.39, 0.29) is 24.8 Å². The highest BCUT2D eigenvalue weighted by Gasteiger charge is 2.15. The summed E-state index contributed by atoms with van der Waals surface area (Å²) in [7, 11) is 1.53. The smallest absolute Gasteiger partial charge is 0.243 e. The molecule has 2 aromatic carbocycles. The number of carbonyl (C=O) groups excluding carboxylic acids is 2. The molecular formula is C19H21FN2O2. The van der Waals surface area contributed by atoms with Crippen LogP contribution in [-0.4, -0.2) is 30.3 Å². The normalized spacial score (nSPS) is 10.3. The molecule has 0 radical (unpaired) electrons. The maximum absolute atomic E-state index is 13.6. The number of likely N-dealkylation sites (N-methyl/N-ethyl adjacent to an activating group) is 1. The summed E-state index contributed by atoms with van der Waals surface area (Å²) in [6.45, 7) is 3.81. The number of aryl methyl sites for hydroxylation is 1. The standard InChI is InChI=1S/C19H21FN2O2/c1-13-7-6-10-17(14(13)2)21-18(23)12-22(3)19(24)11-15-8-4-5-9-16(15)20/h4-10H,11-12H2,1-3H3,(H,21,23). The SMILES string of the molecule is Cc1cccc(NC(=O)CN(C)C(=O)Cc2ccccc2F)c1C. The first-order chi connectivity index (χ1) is 11.4. The highest BCUT2D eigenvalue weighted by molar-refractivity contribution is 5.95. The minimum Gasteiger partial charge on any atom is -0.336 e. The van der Waals surface area contributed by atoms with Crippen LogP contribution in [-0.2, 0) is 16.0 Å². The van der Waals surface area contributed by atoms with E-state index in [1.54, 1.807) is 18.2 Å². The van der Waals surface area contributed by atoms with E-state index in [0.717, 1.165) is 16.8 Å². The predicted octanol–water partition coefficient (Wildman–Crippen LogP) is 3.08. The summed E-state index contributed by atoms with van der Waals surface area (Å²) in [5, 5.41) is 2.81. The molecule has 0 heterocycles. The first-order valence-corrected chi connectivity index (χ1v) is 7.72. The van der Waals surface area contributed by atoms with Crippen molar-refractivity contribution in [2.24, 2.45) is 0 Å². The molecule has 0 aromatic heterocycles. The van der Waals surface area contributed by atoms with Crippen LogP contribution >= 0.6 is 0 Å². The van der Waals surface area contributed by atoms with Crippen molar-refractivity contribution in [3.05, 3.63) is 65.0 Å². The molecule has 0 atom stereocenters. The molecule has 2 amide bonds. The van der Waals surface area contributed by atoms with Gasteiger partial charge < -0.3 is 10.2 Å². The number of rotatable bonds is 5. The second kappa shape index (κ2) is 7.73. The quantitative estimate of drug-likeness (QED) is 0.917. The van der Waals surface area contributed by atoms with E-state index in [4.69, 9.17) is 0 Å². The lowest BCUT2D eigenvalue weighted by Gasteiger charge is -2.18. The van der Waals surface area contributed by atoms with Gasteiger partial charge in [-0.05, 0) is 42.7 Å². The van der Waals surface area contributed by atoms with Crippen LogP contribution in [0, 0.1) is 19.7 Å². The number of hydrogen-bond donors (Lipinski definition) is 1. The Morgan fingerprint density at radius 1 is 1.08 bits per heavy atom. The average Bonchev–Trinajstić information content (AvgIpc) is 2.54. The van der Waals surface area contributed by atoms with Crippen LogP contribution in [0.25, 0.3) is 0 Å². The molecule has 126 valence electrons. The van der Waals surface area contributed by atoms with Gasteiger partial charge in [0.1, 0.15) is 5.82 Å². The lowest BCUT2D eigenvalue weighted by molar-refractivity contribution is -0.132. The Bertz CT molecular complexity index is 759. The van der Waals surface area contributed by atoms with E-state index in [9.17, 15) is 14.0 Å². The molecule has 4 nitrogen and oxygen atoms in total. The fourth-order valence-electron chi connectivity index (χ4n) is 2.32. The zero-order chi connectivity index (χ0) is 17.7. The van der Waals surface area contributed by atoms with Crippen LogP contribution in [0.3, 0.4) is 0 Å². The zero-order valence-electron chi connectivity index (χ0n) is 14.1.